The lowest BCUT2D eigenvalue weighted by molar-refractivity contribution is -0.135. The molecular formula is C35H39N3O6S. The highest BCUT2D eigenvalue weighted by Gasteiger charge is 2.28. The van der Waals surface area contributed by atoms with Crippen molar-refractivity contribution in [3.8, 4) is 17.2 Å². The minimum absolute atomic E-state index is 0.0980. The first-order valence-corrected chi connectivity index (χ1v) is 16.4. The SMILES string of the molecule is COc1ccc(CCNS(=O)(=O)c2ccc(OCC(=O)N3CCN(C(c4ccccc4)c4ccccc4)CC3)cc2)cc1OC. The molecule has 0 spiro atoms. The van der Waals surface area contributed by atoms with Crippen LogP contribution in [-0.4, -0.2) is 77.7 Å². The molecular weight excluding hydrogens is 590 g/mol. The van der Waals surface area contributed by atoms with E-state index < -0.39 is 10.0 Å². The van der Waals surface area contributed by atoms with Crippen LogP contribution in [0.15, 0.2) is 108 Å². The molecule has 0 bridgehead atoms. The lowest BCUT2D eigenvalue weighted by Crippen LogP contribution is -2.51. The Labute approximate surface area is 265 Å². The molecule has 236 valence electrons. The Morgan fingerprint density at radius 3 is 1.96 bits per heavy atom. The fraction of sp³-hybridized carbons (Fsp3) is 0.286. The van der Waals surface area contributed by atoms with Gasteiger partial charge in [0, 0.05) is 32.7 Å². The predicted molar refractivity (Wildman–Crippen MR) is 173 cm³/mol. The predicted octanol–water partition coefficient (Wildman–Crippen LogP) is 4.54. The Morgan fingerprint density at radius 1 is 0.778 bits per heavy atom. The van der Waals surface area contributed by atoms with E-state index >= 15 is 0 Å². The molecule has 0 saturated carbocycles. The number of methoxy groups -OCH3 is 2. The second kappa shape index (κ2) is 15.1. The van der Waals surface area contributed by atoms with Crippen molar-refractivity contribution in [3.05, 3.63) is 120 Å². The van der Waals surface area contributed by atoms with E-state index in [9.17, 15) is 13.2 Å². The standard InChI is InChI=1S/C35H39N3O6S/c1-42-32-18-13-27(25-33(32)43-2)19-20-36-45(40,41)31-16-14-30(15-17-31)44-26-34(39)37-21-23-38(24-22-37)35(28-9-5-3-6-10-28)29-11-7-4-8-12-29/h3-18,25,35-36H,19-24,26H2,1-2H3. The maximum Gasteiger partial charge on any atom is 0.260 e. The molecule has 9 nitrogen and oxygen atoms in total. The molecule has 1 aliphatic rings. The summed E-state index contributed by atoms with van der Waals surface area (Å²) < 4.78 is 44.6. The number of hydrogen-bond donors (Lipinski definition) is 1. The molecule has 1 heterocycles. The third-order valence-corrected chi connectivity index (χ3v) is 9.39. The highest BCUT2D eigenvalue weighted by Crippen LogP contribution is 2.30. The van der Waals surface area contributed by atoms with Crippen molar-refractivity contribution in [3.63, 3.8) is 0 Å². The first kappa shape index (κ1) is 32.0. The van der Waals surface area contributed by atoms with Crippen molar-refractivity contribution in [2.45, 2.75) is 17.4 Å². The molecule has 4 aromatic rings. The van der Waals surface area contributed by atoms with E-state index in [1.54, 1.807) is 32.4 Å². The molecule has 0 atom stereocenters. The van der Waals surface area contributed by atoms with Crippen LogP contribution in [-0.2, 0) is 21.2 Å². The number of sulfonamides is 1. The molecule has 1 saturated heterocycles. The van der Waals surface area contributed by atoms with Crippen LogP contribution in [0, 0.1) is 0 Å². The number of carbonyl (C=O) groups excluding carboxylic acids is 1. The van der Waals surface area contributed by atoms with Gasteiger partial charge in [-0.2, -0.15) is 0 Å². The summed E-state index contributed by atoms with van der Waals surface area (Å²) in [6, 6.07) is 32.6. The normalized spacial score (nSPS) is 13.9. The average molecular weight is 630 g/mol. The van der Waals surface area contributed by atoms with E-state index in [0.29, 0.717) is 36.8 Å². The van der Waals surface area contributed by atoms with E-state index in [0.717, 1.165) is 18.7 Å². The van der Waals surface area contributed by atoms with Gasteiger partial charge >= 0.3 is 0 Å². The van der Waals surface area contributed by atoms with Crippen molar-refractivity contribution in [2.24, 2.45) is 0 Å². The molecule has 0 radical (unpaired) electrons. The lowest BCUT2D eigenvalue weighted by Gasteiger charge is -2.39. The fourth-order valence-electron chi connectivity index (χ4n) is 5.51. The molecule has 45 heavy (non-hydrogen) atoms. The summed E-state index contributed by atoms with van der Waals surface area (Å²) >= 11 is 0. The van der Waals surface area contributed by atoms with Crippen LogP contribution in [0.1, 0.15) is 22.7 Å². The van der Waals surface area contributed by atoms with Gasteiger partial charge in [-0.3, -0.25) is 9.69 Å². The number of benzene rings is 4. The van der Waals surface area contributed by atoms with Crippen LogP contribution >= 0.6 is 0 Å². The summed E-state index contributed by atoms with van der Waals surface area (Å²) in [5.41, 5.74) is 3.37. The highest BCUT2D eigenvalue weighted by molar-refractivity contribution is 7.89. The Balaban J connectivity index is 1.10. The molecule has 10 heteroatoms. The van der Waals surface area contributed by atoms with Gasteiger partial charge < -0.3 is 19.1 Å². The monoisotopic (exact) mass is 629 g/mol. The van der Waals surface area contributed by atoms with Gasteiger partial charge in [-0.15, -0.1) is 0 Å². The van der Waals surface area contributed by atoms with Crippen molar-refractivity contribution in [2.75, 3.05) is 53.6 Å². The van der Waals surface area contributed by atoms with Crippen LogP contribution in [0.25, 0.3) is 0 Å². The van der Waals surface area contributed by atoms with Gasteiger partial charge in [-0.1, -0.05) is 66.7 Å². The third kappa shape index (κ3) is 8.21. The minimum Gasteiger partial charge on any atom is -0.493 e. The van der Waals surface area contributed by atoms with Gasteiger partial charge in [-0.05, 0) is 59.5 Å². The van der Waals surface area contributed by atoms with Gasteiger partial charge in [0.2, 0.25) is 10.0 Å². The number of amides is 1. The second-order valence-corrected chi connectivity index (χ2v) is 12.5. The zero-order valence-corrected chi connectivity index (χ0v) is 26.4. The molecule has 0 aliphatic carbocycles. The molecule has 4 aromatic carbocycles. The topological polar surface area (TPSA) is 97.4 Å². The van der Waals surface area contributed by atoms with E-state index in [4.69, 9.17) is 14.2 Å². The Hall–Kier alpha value is -4.38. The molecule has 1 N–H and O–H groups in total. The maximum atomic E-state index is 13.0. The van der Waals surface area contributed by atoms with E-state index in [-0.39, 0.29) is 30.0 Å². The molecule has 5 rings (SSSR count). The summed E-state index contributed by atoms with van der Waals surface area (Å²) in [6.45, 7) is 2.79. The highest BCUT2D eigenvalue weighted by atomic mass is 32.2. The summed E-state index contributed by atoms with van der Waals surface area (Å²) in [6.07, 6.45) is 0.482. The number of piperazine rings is 1. The van der Waals surface area contributed by atoms with Crippen LogP contribution in [0.5, 0.6) is 17.2 Å². The van der Waals surface area contributed by atoms with Gasteiger partial charge in [0.15, 0.2) is 18.1 Å². The van der Waals surface area contributed by atoms with Crippen LogP contribution in [0.4, 0.5) is 0 Å². The first-order chi connectivity index (χ1) is 21.9. The van der Waals surface area contributed by atoms with Crippen LogP contribution in [0.2, 0.25) is 0 Å². The number of carbonyl (C=O) groups is 1. The van der Waals surface area contributed by atoms with Crippen LogP contribution < -0.4 is 18.9 Å². The van der Waals surface area contributed by atoms with Gasteiger partial charge in [-0.25, -0.2) is 13.1 Å². The lowest BCUT2D eigenvalue weighted by atomic mass is 9.96. The van der Waals surface area contributed by atoms with Gasteiger partial charge in [0.1, 0.15) is 5.75 Å². The number of nitrogens with zero attached hydrogens (tertiary/aromatic N) is 2. The maximum absolute atomic E-state index is 13.0. The zero-order chi connectivity index (χ0) is 31.6. The quantitative estimate of drug-likeness (QED) is 0.232. The van der Waals surface area contributed by atoms with Crippen molar-refractivity contribution in [1.29, 1.82) is 0 Å². The van der Waals surface area contributed by atoms with E-state index in [2.05, 4.69) is 58.2 Å². The minimum atomic E-state index is -3.72. The molecule has 0 aromatic heterocycles. The molecule has 1 fully saturated rings. The number of nitrogens with one attached hydrogen (secondary N) is 1. The largest absolute Gasteiger partial charge is 0.493 e. The Morgan fingerprint density at radius 2 is 1.38 bits per heavy atom. The Bertz CT molecular complexity index is 1600. The average Bonchev–Trinajstić information content (AvgIpc) is 3.08. The Kier molecular flexibility index (Phi) is 10.7. The number of rotatable bonds is 13. The smallest absolute Gasteiger partial charge is 0.260 e. The second-order valence-electron chi connectivity index (χ2n) is 10.7. The van der Waals surface area contributed by atoms with E-state index in [1.807, 2.05) is 29.2 Å². The summed E-state index contributed by atoms with van der Waals surface area (Å²) in [4.78, 5) is 17.3. The van der Waals surface area contributed by atoms with Crippen molar-refractivity contribution >= 4 is 15.9 Å². The third-order valence-electron chi connectivity index (χ3n) is 7.91. The molecule has 0 unspecified atom stereocenters. The summed E-state index contributed by atoms with van der Waals surface area (Å²) in [5.74, 6) is 1.54. The first-order valence-electron chi connectivity index (χ1n) is 14.9. The summed E-state index contributed by atoms with van der Waals surface area (Å²) in [5, 5.41) is 0. The van der Waals surface area contributed by atoms with Crippen molar-refractivity contribution in [1.82, 2.24) is 14.5 Å². The van der Waals surface area contributed by atoms with Crippen LogP contribution in [0.3, 0.4) is 0 Å². The van der Waals surface area contributed by atoms with E-state index in [1.165, 1.54) is 23.3 Å². The molecule has 1 amide bonds. The zero-order valence-electron chi connectivity index (χ0n) is 25.6. The van der Waals surface area contributed by atoms with Crippen molar-refractivity contribution < 1.29 is 27.4 Å². The fourth-order valence-corrected chi connectivity index (χ4v) is 6.55. The number of ether oxygens (including phenoxy) is 3. The summed E-state index contributed by atoms with van der Waals surface area (Å²) in [7, 11) is -0.594. The molecule has 1 aliphatic heterocycles. The number of hydrogen-bond acceptors (Lipinski definition) is 7. The van der Waals surface area contributed by atoms with Gasteiger partial charge in [0.05, 0.1) is 25.2 Å². The van der Waals surface area contributed by atoms with Gasteiger partial charge in [0.25, 0.3) is 5.91 Å².